The van der Waals surface area contributed by atoms with E-state index in [0.29, 0.717) is 22.8 Å². The molecule has 3 rings (SSSR count). The molecule has 0 saturated heterocycles. The summed E-state index contributed by atoms with van der Waals surface area (Å²) in [5.41, 5.74) is 2.27. The zero-order valence-electron chi connectivity index (χ0n) is 14.6. The Kier molecular flexibility index (Phi) is 4.94. The molecule has 134 valence electrons. The van der Waals surface area contributed by atoms with Crippen LogP contribution < -0.4 is 15.9 Å². The maximum absolute atomic E-state index is 12.7. The van der Waals surface area contributed by atoms with Crippen LogP contribution in [0.2, 0.25) is 0 Å². The van der Waals surface area contributed by atoms with Crippen molar-refractivity contribution in [3.05, 3.63) is 68.9 Å². The number of anilines is 2. The Bertz CT molecular complexity index is 1020. The summed E-state index contributed by atoms with van der Waals surface area (Å²) >= 11 is 3.35. The van der Waals surface area contributed by atoms with Gasteiger partial charge in [0.25, 0.3) is 5.91 Å². The lowest BCUT2D eigenvalue weighted by Crippen LogP contribution is -2.20. The zero-order chi connectivity index (χ0) is 18.8. The number of carbonyl (C=O) groups is 1. The Hall–Kier alpha value is -2.87. The SMILES string of the molecule is Cc1c[nH]c(=O)n1-c1cccc(NC(=O)c2cc(Br)cnc2N(C)C)c1. The normalized spacial score (nSPS) is 10.6. The second-order valence-electron chi connectivity index (χ2n) is 5.99. The molecule has 0 unspecified atom stereocenters. The highest BCUT2D eigenvalue weighted by atomic mass is 79.9. The number of hydrogen-bond donors (Lipinski definition) is 2. The van der Waals surface area contributed by atoms with Gasteiger partial charge >= 0.3 is 5.69 Å². The highest BCUT2D eigenvalue weighted by Gasteiger charge is 2.16. The highest BCUT2D eigenvalue weighted by molar-refractivity contribution is 9.10. The Morgan fingerprint density at radius 1 is 1.31 bits per heavy atom. The van der Waals surface area contributed by atoms with E-state index in [1.807, 2.05) is 27.1 Å². The minimum absolute atomic E-state index is 0.225. The van der Waals surface area contributed by atoms with Gasteiger partial charge in [-0.1, -0.05) is 6.07 Å². The monoisotopic (exact) mass is 415 g/mol. The summed E-state index contributed by atoms with van der Waals surface area (Å²) in [5.74, 6) is 0.289. The van der Waals surface area contributed by atoms with Gasteiger partial charge in [-0.05, 0) is 47.1 Å². The molecule has 8 heteroatoms. The van der Waals surface area contributed by atoms with Crippen LogP contribution in [0.5, 0.6) is 0 Å². The van der Waals surface area contributed by atoms with E-state index in [4.69, 9.17) is 0 Å². The molecule has 2 aromatic heterocycles. The number of rotatable bonds is 4. The average molecular weight is 416 g/mol. The summed E-state index contributed by atoms with van der Waals surface area (Å²) in [6.07, 6.45) is 3.29. The van der Waals surface area contributed by atoms with Crippen LogP contribution in [0.3, 0.4) is 0 Å². The number of aromatic nitrogens is 3. The number of hydrogen-bond acceptors (Lipinski definition) is 4. The number of pyridine rings is 1. The van der Waals surface area contributed by atoms with E-state index >= 15 is 0 Å². The fourth-order valence-electron chi connectivity index (χ4n) is 2.65. The molecular formula is C18H18BrN5O2. The standard InChI is InChI=1S/C18H18BrN5O2/c1-11-9-21-18(26)24(11)14-6-4-5-13(8-14)22-17(25)15-7-12(19)10-20-16(15)23(2)3/h4-10H,1-3H3,(H,21,26)(H,22,25). The van der Waals surface area contributed by atoms with Gasteiger partial charge in [0.1, 0.15) is 5.82 Å². The second kappa shape index (κ2) is 7.17. The summed E-state index contributed by atoms with van der Waals surface area (Å²) in [6.45, 7) is 1.83. The number of halogens is 1. The number of H-pyrrole nitrogens is 1. The van der Waals surface area contributed by atoms with E-state index in [9.17, 15) is 9.59 Å². The molecule has 2 N–H and O–H groups in total. The maximum Gasteiger partial charge on any atom is 0.330 e. The van der Waals surface area contributed by atoms with Crippen LogP contribution in [-0.4, -0.2) is 34.5 Å². The van der Waals surface area contributed by atoms with Crippen molar-refractivity contribution in [3.63, 3.8) is 0 Å². The van der Waals surface area contributed by atoms with Crippen molar-refractivity contribution in [3.8, 4) is 5.69 Å². The Morgan fingerprint density at radius 3 is 2.73 bits per heavy atom. The molecule has 0 atom stereocenters. The van der Waals surface area contributed by atoms with Gasteiger partial charge in [-0.2, -0.15) is 0 Å². The second-order valence-corrected chi connectivity index (χ2v) is 6.91. The van der Waals surface area contributed by atoms with E-state index in [-0.39, 0.29) is 11.6 Å². The molecule has 26 heavy (non-hydrogen) atoms. The summed E-state index contributed by atoms with van der Waals surface area (Å²) in [4.78, 5) is 33.4. The lowest BCUT2D eigenvalue weighted by Gasteiger charge is -2.16. The van der Waals surface area contributed by atoms with Gasteiger partial charge in [0, 0.05) is 42.3 Å². The first-order valence-electron chi connectivity index (χ1n) is 7.88. The molecule has 0 spiro atoms. The minimum atomic E-state index is -0.280. The van der Waals surface area contributed by atoms with E-state index in [1.165, 1.54) is 0 Å². The number of imidazole rings is 1. The van der Waals surface area contributed by atoms with Crippen LogP contribution in [-0.2, 0) is 0 Å². The van der Waals surface area contributed by atoms with Crippen LogP contribution >= 0.6 is 15.9 Å². The average Bonchev–Trinajstić information content (AvgIpc) is 2.93. The topological polar surface area (TPSA) is 83.0 Å². The third-order valence-corrected chi connectivity index (χ3v) is 4.26. The van der Waals surface area contributed by atoms with Crippen molar-refractivity contribution in [2.24, 2.45) is 0 Å². The zero-order valence-corrected chi connectivity index (χ0v) is 16.2. The molecule has 3 aromatic rings. The number of nitrogens with one attached hydrogen (secondary N) is 2. The lowest BCUT2D eigenvalue weighted by molar-refractivity contribution is 0.102. The van der Waals surface area contributed by atoms with E-state index in [1.54, 1.807) is 46.1 Å². The quantitative estimate of drug-likeness (QED) is 0.685. The summed E-state index contributed by atoms with van der Waals surface area (Å²) in [6, 6.07) is 8.85. The molecule has 1 amide bonds. The van der Waals surface area contributed by atoms with Gasteiger partial charge in [-0.25, -0.2) is 9.78 Å². The van der Waals surface area contributed by atoms with Gasteiger partial charge in [-0.15, -0.1) is 0 Å². The van der Waals surface area contributed by atoms with Crippen molar-refractivity contribution < 1.29 is 4.79 Å². The Labute approximate surface area is 158 Å². The molecule has 0 aliphatic rings. The maximum atomic E-state index is 12.7. The summed E-state index contributed by atoms with van der Waals surface area (Å²) in [7, 11) is 3.66. The van der Waals surface area contributed by atoms with Crippen LogP contribution in [0, 0.1) is 6.92 Å². The smallest absolute Gasteiger partial charge is 0.330 e. The molecule has 1 aromatic carbocycles. The molecular weight excluding hydrogens is 398 g/mol. The number of benzene rings is 1. The molecule has 2 heterocycles. The van der Waals surface area contributed by atoms with Crippen LogP contribution in [0.1, 0.15) is 16.1 Å². The summed E-state index contributed by atoms with van der Waals surface area (Å²) in [5, 5.41) is 2.87. The molecule has 0 bridgehead atoms. The predicted molar refractivity (Wildman–Crippen MR) is 105 cm³/mol. The number of aryl methyl sites for hydroxylation is 1. The third-order valence-electron chi connectivity index (χ3n) is 3.82. The number of nitrogens with zero attached hydrogens (tertiary/aromatic N) is 3. The Morgan fingerprint density at radius 2 is 2.08 bits per heavy atom. The molecule has 0 aliphatic heterocycles. The first-order valence-corrected chi connectivity index (χ1v) is 8.68. The fraction of sp³-hybridized carbons (Fsp3) is 0.167. The van der Waals surface area contributed by atoms with Crippen LogP contribution in [0.15, 0.2) is 52.0 Å². The van der Waals surface area contributed by atoms with Gasteiger partial charge in [0.2, 0.25) is 0 Å². The van der Waals surface area contributed by atoms with Crippen molar-refractivity contribution in [2.75, 3.05) is 24.3 Å². The third kappa shape index (κ3) is 3.55. The molecule has 7 nitrogen and oxygen atoms in total. The van der Waals surface area contributed by atoms with Gasteiger partial charge in [-0.3, -0.25) is 9.36 Å². The van der Waals surface area contributed by atoms with E-state index < -0.39 is 0 Å². The highest BCUT2D eigenvalue weighted by Crippen LogP contribution is 2.22. The number of carbonyl (C=O) groups excluding carboxylic acids is 1. The molecule has 0 fully saturated rings. The molecule has 0 aliphatic carbocycles. The predicted octanol–water partition coefficient (Wildman–Crippen LogP) is 2.95. The van der Waals surface area contributed by atoms with Gasteiger partial charge < -0.3 is 15.2 Å². The lowest BCUT2D eigenvalue weighted by atomic mass is 10.2. The van der Waals surface area contributed by atoms with Gasteiger partial charge in [0.05, 0.1) is 11.3 Å². The number of amides is 1. The van der Waals surface area contributed by atoms with Crippen molar-refractivity contribution in [1.82, 2.24) is 14.5 Å². The van der Waals surface area contributed by atoms with E-state index in [2.05, 4.69) is 31.2 Å². The van der Waals surface area contributed by atoms with Crippen molar-refractivity contribution in [2.45, 2.75) is 6.92 Å². The van der Waals surface area contributed by atoms with Crippen LogP contribution in [0.4, 0.5) is 11.5 Å². The first kappa shape index (κ1) is 17.9. The largest absolute Gasteiger partial charge is 0.362 e. The molecule has 0 radical (unpaired) electrons. The van der Waals surface area contributed by atoms with Crippen molar-refractivity contribution >= 4 is 33.3 Å². The Balaban J connectivity index is 1.93. The van der Waals surface area contributed by atoms with E-state index in [0.717, 1.165) is 10.2 Å². The van der Waals surface area contributed by atoms with Crippen LogP contribution in [0.25, 0.3) is 5.69 Å². The first-order chi connectivity index (χ1) is 12.4. The van der Waals surface area contributed by atoms with Crippen molar-refractivity contribution in [1.29, 1.82) is 0 Å². The minimum Gasteiger partial charge on any atom is -0.362 e. The van der Waals surface area contributed by atoms with Gasteiger partial charge in [0.15, 0.2) is 0 Å². The summed E-state index contributed by atoms with van der Waals surface area (Å²) < 4.78 is 2.26. The fourth-order valence-corrected chi connectivity index (χ4v) is 2.98. The number of aromatic amines is 1. The molecule has 0 saturated carbocycles.